The van der Waals surface area contributed by atoms with Crippen molar-refractivity contribution in [1.29, 1.82) is 0 Å². The van der Waals surface area contributed by atoms with Crippen molar-refractivity contribution >= 4 is 38.6 Å². The fourth-order valence-corrected chi connectivity index (χ4v) is 7.74. The van der Waals surface area contributed by atoms with E-state index in [-0.39, 0.29) is 17.1 Å². The highest BCUT2D eigenvalue weighted by atomic mass is 32.2. The lowest BCUT2D eigenvalue weighted by atomic mass is 9.87. The van der Waals surface area contributed by atoms with Gasteiger partial charge in [0, 0.05) is 30.8 Å². The normalized spacial score (nSPS) is 14.0. The monoisotopic (exact) mass is 668 g/mol. The third-order valence-electron chi connectivity index (χ3n) is 8.00. The number of anilines is 3. The number of hydrogen-bond donors (Lipinski definition) is 1. The van der Waals surface area contributed by atoms with Crippen LogP contribution in [-0.4, -0.2) is 54.7 Å². The lowest BCUT2D eigenvalue weighted by Crippen LogP contribution is -2.36. The molecule has 4 heterocycles. The molecule has 9 nitrogen and oxygen atoms in total. The molecule has 1 N–H and O–H groups in total. The molecule has 0 aliphatic carbocycles. The van der Waals surface area contributed by atoms with Crippen LogP contribution in [0.2, 0.25) is 0 Å². The SMILES string of the molecule is CC(C)c1nc(-c2cccc(CS(=O)(=O)c3ccc(C(C)(C)C)cc3)c2)c(-c2ccnc(Nc3ccc(N4CCOCC4)nc3)n2)s1. The number of morpholine rings is 1. The van der Waals surface area contributed by atoms with Gasteiger partial charge < -0.3 is 15.0 Å². The Bertz CT molecular complexity index is 1940. The summed E-state index contributed by atoms with van der Waals surface area (Å²) < 4.78 is 32.3. The van der Waals surface area contributed by atoms with Crippen molar-refractivity contribution < 1.29 is 13.2 Å². The first kappa shape index (κ1) is 32.7. The van der Waals surface area contributed by atoms with E-state index in [0.29, 0.717) is 29.6 Å². The second-order valence-electron chi connectivity index (χ2n) is 13.0. The zero-order valence-corrected chi connectivity index (χ0v) is 29.0. The van der Waals surface area contributed by atoms with Crippen LogP contribution >= 0.6 is 11.3 Å². The van der Waals surface area contributed by atoms with E-state index in [1.807, 2.05) is 54.6 Å². The van der Waals surface area contributed by atoms with Crippen LogP contribution < -0.4 is 10.2 Å². The van der Waals surface area contributed by atoms with Gasteiger partial charge in [-0.3, -0.25) is 0 Å². The zero-order chi connectivity index (χ0) is 33.2. The van der Waals surface area contributed by atoms with E-state index in [4.69, 9.17) is 14.7 Å². The Balaban J connectivity index is 1.26. The van der Waals surface area contributed by atoms with Crippen LogP contribution in [0.3, 0.4) is 0 Å². The molecule has 0 atom stereocenters. The van der Waals surface area contributed by atoms with Gasteiger partial charge in [-0.25, -0.2) is 28.4 Å². The van der Waals surface area contributed by atoms with Gasteiger partial charge in [-0.1, -0.05) is 65.0 Å². The predicted molar refractivity (Wildman–Crippen MR) is 189 cm³/mol. The molecule has 6 rings (SSSR count). The molecule has 244 valence electrons. The lowest BCUT2D eigenvalue weighted by Gasteiger charge is -2.27. The number of thiazole rings is 1. The second-order valence-corrected chi connectivity index (χ2v) is 16.0. The Morgan fingerprint density at radius 2 is 1.72 bits per heavy atom. The van der Waals surface area contributed by atoms with Crippen molar-refractivity contribution in [3.63, 3.8) is 0 Å². The van der Waals surface area contributed by atoms with E-state index in [0.717, 1.165) is 57.0 Å². The van der Waals surface area contributed by atoms with E-state index < -0.39 is 9.84 Å². The van der Waals surface area contributed by atoms with Crippen LogP contribution in [0, 0.1) is 0 Å². The molecule has 1 aliphatic rings. The molecule has 11 heteroatoms. The Morgan fingerprint density at radius 3 is 2.40 bits per heavy atom. The molecule has 2 aromatic carbocycles. The molecule has 0 radical (unpaired) electrons. The van der Waals surface area contributed by atoms with Gasteiger partial charge in [0.15, 0.2) is 9.84 Å². The molecular formula is C36H40N6O3S2. The molecule has 47 heavy (non-hydrogen) atoms. The molecule has 1 fully saturated rings. The number of benzene rings is 2. The quantitative estimate of drug-likeness (QED) is 0.169. The minimum atomic E-state index is -3.55. The summed E-state index contributed by atoms with van der Waals surface area (Å²) in [6.07, 6.45) is 3.51. The summed E-state index contributed by atoms with van der Waals surface area (Å²) >= 11 is 1.59. The average Bonchev–Trinajstić information content (AvgIpc) is 3.52. The summed E-state index contributed by atoms with van der Waals surface area (Å²) in [7, 11) is -3.55. The molecule has 1 aliphatic heterocycles. The molecule has 0 saturated carbocycles. The summed E-state index contributed by atoms with van der Waals surface area (Å²) in [4.78, 5) is 22.4. The van der Waals surface area contributed by atoms with Crippen molar-refractivity contribution in [2.75, 3.05) is 36.5 Å². The number of nitrogens with zero attached hydrogens (tertiary/aromatic N) is 5. The van der Waals surface area contributed by atoms with Crippen molar-refractivity contribution in [2.45, 2.75) is 56.6 Å². The van der Waals surface area contributed by atoms with E-state index in [1.165, 1.54) is 0 Å². The van der Waals surface area contributed by atoms with Gasteiger partial charge in [0.1, 0.15) is 5.82 Å². The Morgan fingerprint density at radius 1 is 0.957 bits per heavy atom. The van der Waals surface area contributed by atoms with Crippen molar-refractivity contribution in [3.05, 3.63) is 95.3 Å². The molecule has 0 bridgehead atoms. The van der Waals surface area contributed by atoms with E-state index in [2.05, 4.69) is 54.8 Å². The first-order chi connectivity index (χ1) is 22.5. The molecule has 5 aromatic rings. The predicted octanol–water partition coefficient (Wildman–Crippen LogP) is 7.64. The maximum atomic E-state index is 13.4. The highest BCUT2D eigenvalue weighted by Crippen LogP contribution is 2.39. The summed E-state index contributed by atoms with van der Waals surface area (Å²) in [5.41, 5.74) is 4.87. The summed E-state index contributed by atoms with van der Waals surface area (Å²) in [5, 5.41) is 4.26. The topological polar surface area (TPSA) is 110 Å². The summed E-state index contributed by atoms with van der Waals surface area (Å²) in [5.74, 6) is 1.47. The van der Waals surface area contributed by atoms with Crippen molar-refractivity contribution in [3.8, 4) is 21.8 Å². The maximum absolute atomic E-state index is 13.4. The van der Waals surface area contributed by atoms with Gasteiger partial charge in [-0.05, 0) is 52.9 Å². The standard InChI is InChI=1S/C36H40N6O3S2/c1-24(2)34-41-32(26-8-6-7-25(21-26)23-47(43,44)29-12-9-27(10-13-29)36(3,4)5)33(46-34)30-15-16-37-35(40-30)39-28-11-14-31(38-22-28)42-17-19-45-20-18-42/h6-16,21-22,24H,17-20,23H2,1-5H3,(H,37,39,40). The van der Waals surface area contributed by atoms with Crippen molar-refractivity contribution in [1.82, 2.24) is 19.9 Å². The number of ether oxygens (including phenoxy) is 1. The third kappa shape index (κ3) is 7.69. The number of aromatic nitrogens is 4. The lowest BCUT2D eigenvalue weighted by molar-refractivity contribution is 0.122. The molecular weight excluding hydrogens is 629 g/mol. The Kier molecular flexibility index (Phi) is 9.41. The largest absolute Gasteiger partial charge is 0.378 e. The molecule has 3 aromatic heterocycles. The van der Waals surface area contributed by atoms with Gasteiger partial charge in [-0.2, -0.15) is 0 Å². The fourth-order valence-electron chi connectivity index (χ4n) is 5.34. The first-order valence-electron chi connectivity index (χ1n) is 15.8. The second kappa shape index (κ2) is 13.5. The summed E-state index contributed by atoms with van der Waals surface area (Å²) in [6, 6.07) is 20.7. The number of pyridine rings is 1. The highest BCUT2D eigenvalue weighted by molar-refractivity contribution is 7.90. The smallest absolute Gasteiger partial charge is 0.227 e. The Labute approximate surface area is 281 Å². The fraction of sp³-hybridized carbons (Fsp3) is 0.333. The van der Waals surface area contributed by atoms with E-state index >= 15 is 0 Å². The van der Waals surface area contributed by atoms with Gasteiger partial charge in [0.2, 0.25) is 5.95 Å². The zero-order valence-electron chi connectivity index (χ0n) is 27.4. The van der Waals surface area contributed by atoms with Gasteiger partial charge in [0.05, 0.1) is 57.0 Å². The highest BCUT2D eigenvalue weighted by Gasteiger charge is 2.22. The number of hydrogen-bond acceptors (Lipinski definition) is 10. The van der Waals surface area contributed by atoms with Crippen LogP contribution in [0.15, 0.2) is 84.0 Å². The molecule has 1 saturated heterocycles. The number of nitrogens with one attached hydrogen (secondary N) is 1. The molecule has 0 amide bonds. The van der Waals surface area contributed by atoms with Crippen molar-refractivity contribution in [2.24, 2.45) is 0 Å². The van der Waals surface area contributed by atoms with Gasteiger partial charge in [-0.15, -0.1) is 11.3 Å². The average molecular weight is 669 g/mol. The summed E-state index contributed by atoms with van der Waals surface area (Å²) in [6.45, 7) is 13.6. The first-order valence-corrected chi connectivity index (χ1v) is 18.3. The van der Waals surface area contributed by atoms with Crippen LogP contribution in [0.5, 0.6) is 0 Å². The van der Waals surface area contributed by atoms with Gasteiger partial charge in [0.25, 0.3) is 0 Å². The van der Waals surface area contributed by atoms with E-state index in [1.54, 1.807) is 35.9 Å². The minimum Gasteiger partial charge on any atom is -0.378 e. The van der Waals surface area contributed by atoms with Crippen LogP contribution in [0.25, 0.3) is 21.8 Å². The third-order valence-corrected chi connectivity index (χ3v) is 11.1. The van der Waals surface area contributed by atoms with Crippen LogP contribution in [0.4, 0.5) is 17.5 Å². The minimum absolute atomic E-state index is 0.0524. The maximum Gasteiger partial charge on any atom is 0.227 e. The van der Waals surface area contributed by atoms with Crippen LogP contribution in [0.1, 0.15) is 56.7 Å². The molecule has 0 spiro atoms. The molecule has 0 unspecified atom stereocenters. The Hall–Kier alpha value is -4.19. The van der Waals surface area contributed by atoms with E-state index in [9.17, 15) is 8.42 Å². The number of rotatable bonds is 9. The van der Waals surface area contributed by atoms with Crippen LogP contribution in [-0.2, 0) is 25.7 Å². The number of sulfone groups is 1. The van der Waals surface area contributed by atoms with Gasteiger partial charge >= 0.3 is 0 Å².